The summed E-state index contributed by atoms with van der Waals surface area (Å²) in [5.74, 6) is -1.10. The summed E-state index contributed by atoms with van der Waals surface area (Å²) in [6.45, 7) is 5.23. The van der Waals surface area contributed by atoms with Crippen LogP contribution in [0, 0.1) is 0 Å². The Morgan fingerprint density at radius 3 is 2.46 bits per heavy atom. The molecule has 24 heavy (non-hydrogen) atoms. The second-order valence-electron chi connectivity index (χ2n) is 5.22. The highest BCUT2D eigenvalue weighted by Crippen LogP contribution is 2.04. The number of hydrogen-bond donors (Lipinski definition) is 2. The molecular weight excluding hydrogens is 312 g/mol. The number of carbonyl (C=O) groups excluding carboxylic acids is 3. The Morgan fingerprint density at radius 1 is 1.21 bits per heavy atom. The van der Waals surface area contributed by atoms with E-state index in [1.807, 2.05) is 30.3 Å². The number of benzene rings is 1. The van der Waals surface area contributed by atoms with Gasteiger partial charge in [0.05, 0.1) is 7.11 Å². The Morgan fingerprint density at radius 2 is 1.88 bits per heavy atom. The predicted octanol–water partition coefficient (Wildman–Crippen LogP) is 1.54. The normalized spacial score (nSPS) is 11.1. The highest BCUT2D eigenvalue weighted by Gasteiger charge is 2.21. The average molecular weight is 334 g/mol. The third-order valence-corrected chi connectivity index (χ3v) is 2.98. The van der Waals surface area contributed by atoms with Crippen molar-refractivity contribution in [1.29, 1.82) is 0 Å². The van der Waals surface area contributed by atoms with Crippen LogP contribution in [-0.2, 0) is 25.7 Å². The van der Waals surface area contributed by atoms with Crippen LogP contribution in [0.1, 0.15) is 18.9 Å². The molecule has 7 nitrogen and oxygen atoms in total. The van der Waals surface area contributed by atoms with E-state index in [9.17, 15) is 14.4 Å². The van der Waals surface area contributed by atoms with Gasteiger partial charge in [-0.1, -0.05) is 35.9 Å². The van der Waals surface area contributed by atoms with E-state index in [2.05, 4.69) is 21.9 Å². The zero-order valence-corrected chi connectivity index (χ0v) is 13.8. The van der Waals surface area contributed by atoms with E-state index >= 15 is 0 Å². The molecule has 2 amide bonds. The Bertz CT molecular complexity index is 586. The summed E-state index contributed by atoms with van der Waals surface area (Å²) < 4.78 is 9.60. The molecule has 0 bridgehead atoms. The molecule has 1 aromatic rings. The molecule has 0 unspecified atom stereocenters. The summed E-state index contributed by atoms with van der Waals surface area (Å²) in [5, 5.41) is 4.80. The van der Waals surface area contributed by atoms with E-state index in [0.717, 1.165) is 11.1 Å². The fraction of sp³-hybridized carbons (Fsp3) is 0.353. The lowest BCUT2D eigenvalue weighted by atomic mass is 10.1. The van der Waals surface area contributed by atoms with Crippen molar-refractivity contribution in [3.8, 4) is 0 Å². The Kier molecular flexibility index (Phi) is 8.04. The van der Waals surface area contributed by atoms with Crippen LogP contribution in [0.25, 0.3) is 0 Å². The average Bonchev–Trinajstić information content (AvgIpc) is 2.57. The molecule has 0 spiro atoms. The fourth-order valence-electron chi connectivity index (χ4n) is 1.86. The highest BCUT2D eigenvalue weighted by atomic mass is 16.5. The molecule has 7 heteroatoms. The van der Waals surface area contributed by atoms with Crippen molar-refractivity contribution >= 4 is 18.0 Å². The second-order valence-corrected chi connectivity index (χ2v) is 5.22. The van der Waals surface area contributed by atoms with Crippen LogP contribution in [0.3, 0.4) is 0 Å². The van der Waals surface area contributed by atoms with Gasteiger partial charge in [0.1, 0.15) is 19.2 Å². The van der Waals surface area contributed by atoms with Crippen LogP contribution >= 0.6 is 0 Å². The molecule has 0 aliphatic rings. The van der Waals surface area contributed by atoms with Gasteiger partial charge in [0, 0.05) is 0 Å². The topological polar surface area (TPSA) is 93.7 Å². The van der Waals surface area contributed by atoms with E-state index in [1.54, 1.807) is 6.92 Å². The van der Waals surface area contributed by atoms with E-state index in [0.29, 0.717) is 0 Å². The van der Waals surface area contributed by atoms with Crippen molar-refractivity contribution in [3.05, 3.63) is 48.0 Å². The van der Waals surface area contributed by atoms with Crippen LogP contribution in [0.2, 0.25) is 0 Å². The number of carbonyl (C=O) groups is 3. The number of rotatable bonds is 8. The minimum atomic E-state index is -0.831. The van der Waals surface area contributed by atoms with Crippen molar-refractivity contribution < 1.29 is 23.9 Å². The summed E-state index contributed by atoms with van der Waals surface area (Å²) in [4.78, 5) is 35.0. The van der Waals surface area contributed by atoms with Crippen molar-refractivity contribution in [2.24, 2.45) is 0 Å². The molecule has 130 valence electrons. The van der Waals surface area contributed by atoms with Gasteiger partial charge in [0.25, 0.3) is 0 Å². The summed E-state index contributed by atoms with van der Waals surface area (Å²) in [7, 11) is 1.24. The SMILES string of the molecule is C=C(C)C[C@H](NC(=O)CNC(=O)OCc1ccccc1)C(=O)OC. The molecule has 0 radical (unpaired) electrons. The standard InChI is InChI=1S/C17H22N2O5/c1-12(2)9-14(16(21)23-3)19-15(20)10-18-17(22)24-11-13-7-5-4-6-8-13/h4-8,14H,1,9-11H2,2-3H3,(H,18,22)(H,19,20)/t14-/m0/s1. The van der Waals surface area contributed by atoms with Crippen molar-refractivity contribution in [1.82, 2.24) is 10.6 Å². The monoisotopic (exact) mass is 334 g/mol. The maximum Gasteiger partial charge on any atom is 0.407 e. The minimum Gasteiger partial charge on any atom is -0.467 e. The zero-order chi connectivity index (χ0) is 17.9. The lowest BCUT2D eigenvalue weighted by Gasteiger charge is -2.16. The molecule has 1 rings (SSSR count). The molecular formula is C17H22N2O5. The van der Waals surface area contributed by atoms with E-state index in [4.69, 9.17) is 4.74 Å². The zero-order valence-electron chi connectivity index (χ0n) is 13.8. The first-order valence-corrected chi connectivity index (χ1v) is 7.38. The van der Waals surface area contributed by atoms with Gasteiger partial charge >= 0.3 is 12.1 Å². The largest absolute Gasteiger partial charge is 0.467 e. The Hall–Kier alpha value is -2.83. The molecule has 1 aromatic carbocycles. The smallest absolute Gasteiger partial charge is 0.407 e. The van der Waals surface area contributed by atoms with Gasteiger partial charge in [-0.3, -0.25) is 4.79 Å². The molecule has 0 aliphatic carbocycles. The van der Waals surface area contributed by atoms with Crippen LogP contribution in [0.4, 0.5) is 4.79 Å². The first-order chi connectivity index (χ1) is 11.4. The maximum absolute atomic E-state index is 11.8. The van der Waals surface area contributed by atoms with Gasteiger partial charge in [0.15, 0.2) is 0 Å². The summed E-state index contributed by atoms with van der Waals surface area (Å²) in [5.41, 5.74) is 1.56. The van der Waals surface area contributed by atoms with Crippen molar-refractivity contribution in [2.45, 2.75) is 26.0 Å². The lowest BCUT2D eigenvalue weighted by molar-refractivity contribution is -0.144. The molecule has 0 saturated carbocycles. The Labute approximate surface area is 141 Å². The van der Waals surface area contributed by atoms with Gasteiger partial charge in [0.2, 0.25) is 5.91 Å². The van der Waals surface area contributed by atoms with Crippen molar-refractivity contribution in [3.63, 3.8) is 0 Å². The predicted molar refractivity (Wildman–Crippen MR) is 88.0 cm³/mol. The highest BCUT2D eigenvalue weighted by molar-refractivity contribution is 5.87. The summed E-state index contributed by atoms with van der Waals surface area (Å²) in [6, 6.07) is 8.33. The Balaban J connectivity index is 2.36. The maximum atomic E-state index is 11.8. The molecule has 0 saturated heterocycles. The molecule has 0 aromatic heterocycles. The number of alkyl carbamates (subject to hydrolysis) is 1. The van der Waals surface area contributed by atoms with Crippen LogP contribution in [-0.4, -0.2) is 37.7 Å². The summed E-state index contributed by atoms with van der Waals surface area (Å²) in [6.07, 6.45) is -0.458. The third kappa shape index (κ3) is 7.44. The molecule has 0 heterocycles. The molecule has 1 atom stereocenters. The van der Waals surface area contributed by atoms with E-state index in [1.165, 1.54) is 7.11 Å². The number of amides is 2. The van der Waals surface area contributed by atoms with Gasteiger partial charge < -0.3 is 20.1 Å². The van der Waals surface area contributed by atoms with Crippen molar-refractivity contribution in [2.75, 3.05) is 13.7 Å². The number of nitrogens with one attached hydrogen (secondary N) is 2. The molecule has 0 aliphatic heterocycles. The van der Waals surface area contributed by atoms with E-state index < -0.39 is 24.0 Å². The van der Waals surface area contributed by atoms with Gasteiger partial charge in [-0.05, 0) is 18.9 Å². The number of ether oxygens (including phenoxy) is 2. The second kappa shape index (κ2) is 10.0. The molecule has 0 fully saturated rings. The number of hydrogen-bond acceptors (Lipinski definition) is 5. The van der Waals surface area contributed by atoms with Gasteiger partial charge in [-0.25, -0.2) is 9.59 Å². The van der Waals surface area contributed by atoms with Crippen LogP contribution < -0.4 is 10.6 Å². The first-order valence-electron chi connectivity index (χ1n) is 7.38. The van der Waals surface area contributed by atoms with Crippen LogP contribution in [0.5, 0.6) is 0 Å². The van der Waals surface area contributed by atoms with Gasteiger partial charge in [-0.2, -0.15) is 0 Å². The summed E-state index contributed by atoms with van der Waals surface area (Å²) >= 11 is 0. The third-order valence-electron chi connectivity index (χ3n) is 2.98. The first kappa shape index (κ1) is 19.2. The lowest BCUT2D eigenvalue weighted by Crippen LogP contribution is -2.46. The van der Waals surface area contributed by atoms with Gasteiger partial charge in [-0.15, -0.1) is 6.58 Å². The molecule has 2 N–H and O–H groups in total. The fourth-order valence-corrected chi connectivity index (χ4v) is 1.86. The minimum absolute atomic E-state index is 0.106. The number of methoxy groups -OCH3 is 1. The number of esters is 1. The van der Waals surface area contributed by atoms with E-state index in [-0.39, 0.29) is 19.6 Å². The van der Waals surface area contributed by atoms with Crippen LogP contribution in [0.15, 0.2) is 42.5 Å². The quantitative estimate of drug-likeness (QED) is 0.555.